The van der Waals surface area contributed by atoms with Crippen molar-refractivity contribution in [2.75, 3.05) is 17.2 Å². The van der Waals surface area contributed by atoms with Crippen molar-refractivity contribution >= 4 is 15.7 Å². The molecule has 0 aliphatic carbocycles. The molecule has 4 rings (SSSR count). The zero-order chi connectivity index (χ0) is 21.0. The van der Waals surface area contributed by atoms with Gasteiger partial charge < -0.3 is 9.88 Å². The number of imidazole rings is 1. The van der Waals surface area contributed by atoms with Gasteiger partial charge in [-0.25, -0.2) is 13.4 Å². The molecule has 0 saturated heterocycles. The number of nitrogens with one attached hydrogen (secondary N) is 1. The molecule has 0 spiro atoms. The predicted octanol–water partition coefficient (Wildman–Crippen LogP) is 3.58. The van der Waals surface area contributed by atoms with Gasteiger partial charge in [0.05, 0.1) is 24.3 Å². The molecule has 0 amide bonds. The second kappa shape index (κ2) is 9.02. The normalized spacial score (nSPS) is 17.5. The Labute approximate surface area is 178 Å². The molecule has 2 heterocycles. The topological polar surface area (TPSA) is 69.3 Å². The van der Waals surface area contributed by atoms with Crippen LogP contribution < -0.4 is 4.90 Å². The van der Waals surface area contributed by atoms with Crippen LogP contribution in [-0.4, -0.2) is 41.0 Å². The maximum atomic E-state index is 12.9. The number of aryl methyl sites for hydroxylation is 1. The molecule has 0 radical (unpaired) electrons. The van der Waals surface area contributed by atoms with E-state index in [0.29, 0.717) is 19.6 Å². The fraction of sp³-hybridized carbons (Fsp3) is 0.348. The third-order valence-corrected chi connectivity index (χ3v) is 7.56. The lowest BCUT2D eigenvalue weighted by Crippen LogP contribution is -2.44. The Morgan fingerprint density at radius 2 is 1.87 bits per heavy atom. The monoisotopic (exact) mass is 424 g/mol. The van der Waals surface area contributed by atoms with Crippen molar-refractivity contribution in [2.24, 2.45) is 0 Å². The van der Waals surface area contributed by atoms with E-state index in [1.54, 1.807) is 17.6 Å². The molecule has 3 aromatic rings. The molecule has 30 heavy (non-hydrogen) atoms. The lowest BCUT2D eigenvalue weighted by atomic mass is 10.0. The molecular formula is C23H28N4O2S. The fourth-order valence-electron chi connectivity index (χ4n) is 4.10. The van der Waals surface area contributed by atoms with Gasteiger partial charge in [-0.15, -0.1) is 0 Å². The highest BCUT2D eigenvalue weighted by Gasteiger charge is 2.32. The van der Waals surface area contributed by atoms with Gasteiger partial charge in [0.1, 0.15) is 0 Å². The number of fused-ring (bicyclic) bond motifs is 1. The Kier molecular flexibility index (Phi) is 6.20. The molecule has 1 aromatic heterocycles. The molecule has 2 aromatic carbocycles. The molecule has 158 valence electrons. The maximum absolute atomic E-state index is 12.9. The van der Waals surface area contributed by atoms with Gasteiger partial charge in [-0.05, 0) is 37.0 Å². The zero-order valence-corrected chi connectivity index (χ0v) is 18.1. The van der Waals surface area contributed by atoms with Crippen LogP contribution >= 0.6 is 0 Å². The van der Waals surface area contributed by atoms with Crippen LogP contribution in [0.3, 0.4) is 0 Å². The van der Waals surface area contributed by atoms with Crippen LogP contribution in [0.5, 0.6) is 0 Å². The van der Waals surface area contributed by atoms with E-state index in [0.717, 1.165) is 29.8 Å². The summed E-state index contributed by atoms with van der Waals surface area (Å²) < 4.78 is 27.4. The van der Waals surface area contributed by atoms with Gasteiger partial charge in [0.15, 0.2) is 0 Å². The molecule has 0 bridgehead atoms. The molecule has 1 aliphatic heterocycles. The lowest BCUT2D eigenvalue weighted by molar-refractivity contribution is 0.370. The number of H-pyrrole nitrogens is 1. The van der Waals surface area contributed by atoms with Crippen LogP contribution in [-0.2, 0) is 29.5 Å². The largest absolute Gasteiger partial charge is 0.361 e. The van der Waals surface area contributed by atoms with Crippen molar-refractivity contribution in [3.05, 3.63) is 83.9 Å². The molecule has 1 unspecified atom stereocenters. The van der Waals surface area contributed by atoms with Crippen molar-refractivity contribution in [3.63, 3.8) is 0 Å². The number of hydrogen-bond donors (Lipinski definition) is 1. The molecule has 1 N–H and O–H groups in total. The summed E-state index contributed by atoms with van der Waals surface area (Å²) in [4.78, 5) is 9.71. The Morgan fingerprint density at radius 3 is 2.60 bits per heavy atom. The summed E-state index contributed by atoms with van der Waals surface area (Å²) >= 11 is 0. The van der Waals surface area contributed by atoms with Gasteiger partial charge >= 0.3 is 0 Å². The van der Waals surface area contributed by atoms with Crippen LogP contribution in [0.25, 0.3) is 0 Å². The summed E-state index contributed by atoms with van der Waals surface area (Å²) in [5.41, 5.74) is 4.41. The van der Waals surface area contributed by atoms with Crippen LogP contribution in [0, 0.1) is 0 Å². The number of nitrogens with zero attached hydrogens (tertiary/aromatic N) is 3. The first kappa shape index (κ1) is 20.6. The number of hydrogen-bond acceptors (Lipinski definition) is 4. The van der Waals surface area contributed by atoms with E-state index in [9.17, 15) is 8.42 Å². The minimum atomic E-state index is -3.30. The third-order valence-electron chi connectivity index (χ3n) is 5.77. The van der Waals surface area contributed by atoms with E-state index < -0.39 is 10.0 Å². The minimum Gasteiger partial charge on any atom is -0.361 e. The second-order valence-corrected chi connectivity index (χ2v) is 9.96. The number of sulfonamides is 1. The molecule has 1 aliphatic rings. The minimum absolute atomic E-state index is 0.0541. The first-order valence-corrected chi connectivity index (χ1v) is 12.0. The highest BCUT2D eigenvalue weighted by Crippen LogP contribution is 2.32. The molecular weight excluding hydrogens is 396 g/mol. The van der Waals surface area contributed by atoms with Crippen molar-refractivity contribution in [1.82, 2.24) is 14.3 Å². The van der Waals surface area contributed by atoms with E-state index in [1.165, 1.54) is 5.56 Å². The Balaban J connectivity index is 1.70. The number of benzene rings is 2. The van der Waals surface area contributed by atoms with Gasteiger partial charge in [-0.2, -0.15) is 4.31 Å². The van der Waals surface area contributed by atoms with Crippen LogP contribution in [0.1, 0.15) is 30.2 Å². The first-order valence-electron chi connectivity index (χ1n) is 10.4. The summed E-state index contributed by atoms with van der Waals surface area (Å²) in [6.45, 7) is 3.27. The zero-order valence-electron chi connectivity index (χ0n) is 17.2. The average molecular weight is 425 g/mol. The molecule has 6 nitrogen and oxygen atoms in total. The third kappa shape index (κ3) is 4.57. The van der Waals surface area contributed by atoms with Gasteiger partial charge in [-0.1, -0.05) is 48.5 Å². The van der Waals surface area contributed by atoms with E-state index in [-0.39, 0.29) is 11.8 Å². The molecule has 7 heteroatoms. The number of anilines is 1. The van der Waals surface area contributed by atoms with Gasteiger partial charge in [0.2, 0.25) is 10.0 Å². The van der Waals surface area contributed by atoms with E-state index in [2.05, 4.69) is 33.1 Å². The standard InChI is InChI=1S/C23H28N4O2S/c1-2-30(28,29)26-15-20-10-6-7-11-23(20)27(16-21-14-24-18-25-21)22(17-26)13-12-19-8-4-3-5-9-19/h3-11,14,18,22H,2,12-13,15-17H2,1H3,(H,24,25). The smallest absolute Gasteiger partial charge is 0.214 e. The van der Waals surface area contributed by atoms with Crippen LogP contribution in [0.4, 0.5) is 5.69 Å². The quantitative estimate of drug-likeness (QED) is 0.629. The van der Waals surface area contributed by atoms with E-state index in [1.807, 2.05) is 42.6 Å². The van der Waals surface area contributed by atoms with Crippen LogP contribution in [0.2, 0.25) is 0 Å². The van der Waals surface area contributed by atoms with Crippen LogP contribution in [0.15, 0.2) is 67.1 Å². The highest BCUT2D eigenvalue weighted by molar-refractivity contribution is 7.89. The number of para-hydroxylation sites is 1. The predicted molar refractivity (Wildman–Crippen MR) is 120 cm³/mol. The summed E-state index contributed by atoms with van der Waals surface area (Å²) in [7, 11) is -3.30. The second-order valence-electron chi connectivity index (χ2n) is 7.70. The Morgan fingerprint density at radius 1 is 1.10 bits per heavy atom. The average Bonchev–Trinajstić information content (AvgIpc) is 3.23. The van der Waals surface area contributed by atoms with Crippen molar-refractivity contribution in [3.8, 4) is 0 Å². The lowest BCUT2D eigenvalue weighted by Gasteiger charge is -2.34. The summed E-state index contributed by atoms with van der Waals surface area (Å²) in [6.07, 6.45) is 5.28. The van der Waals surface area contributed by atoms with E-state index in [4.69, 9.17) is 0 Å². The SMILES string of the molecule is CCS(=O)(=O)N1Cc2ccccc2N(Cc2cnc[nH]2)C(CCc2ccccc2)C1. The summed E-state index contributed by atoms with van der Waals surface area (Å²) in [5.74, 6) is 0.112. The molecule has 0 saturated carbocycles. The fourth-order valence-corrected chi connectivity index (χ4v) is 5.20. The Hall–Kier alpha value is -2.64. The summed E-state index contributed by atoms with van der Waals surface area (Å²) in [6, 6.07) is 18.6. The van der Waals surface area contributed by atoms with Gasteiger partial charge in [-0.3, -0.25) is 0 Å². The first-order chi connectivity index (χ1) is 14.6. The number of aromatic amines is 1. The van der Waals surface area contributed by atoms with Gasteiger partial charge in [0, 0.05) is 31.0 Å². The molecule has 0 fully saturated rings. The van der Waals surface area contributed by atoms with Crippen molar-refractivity contribution in [2.45, 2.75) is 38.9 Å². The highest BCUT2D eigenvalue weighted by atomic mass is 32.2. The molecule has 1 atom stereocenters. The van der Waals surface area contributed by atoms with Crippen molar-refractivity contribution < 1.29 is 8.42 Å². The van der Waals surface area contributed by atoms with Gasteiger partial charge in [0.25, 0.3) is 0 Å². The number of rotatable bonds is 7. The maximum Gasteiger partial charge on any atom is 0.214 e. The number of aromatic nitrogens is 2. The summed E-state index contributed by atoms with van der Waals surface area (Å²) in [5, 5.41) is 0. The Bertz CT molecular complexity index is 1050. The van der Waals surface area contributed by atoms with Crippen molar-refractivity contribution in [1.29, 1.82) is 0 Å². The van der Waals surface area contributed by atoms with E-state index >= 15 is 0 Å².